The largest absolute Gasteiger partial charge is 0.459 e. The van der Waals surface area contributed by atoms with E-state index >= 15 is 0 Å². The molecule has 3 nitrogen and oxygen atoms in total. The third-order valence-corrected chi connectivity index (χ3v) is 2.54. The molecular formula is C13H15NO2. The van der Waals surface area contributed by atoms with Gasteiger partial charge >= 0.3 is 5.97 Å². The van der Waals surface area contributed by atoms with Crippen molar-refractivity contribution in [3.8, 4) is 0 Å². The van der Waals surface area contributed by atoms with Crippen molar-refractivity contribution in [2.75, 3.05) is 5.32 Å². The van der Waals surface area contributed by atoms with Crippen LogP contribution in [0.5, 0.6) is 0 Å². The number of hydrogen-bond donors (Lipinski definition) is 1. The van der Waals surface area contributed by atoms with Gasteiger partial charge < -0.3 is 10.1 Å². The van der Waals surface area contributed by atoms with Crippen molar-refractivity contribution in [1.82, 2.24) is 0 Å². The van der Waals surface area contributed by atoms with Crippen molar-refractivity contribution in [1.29, 1.82) is 0 Å². The Kier molecular flexibility index (Phi) is 2.95. The van der Waals surface area contributed by atoms with Crippen molar-refractivity contribution >= 4 is 11.7 Å². The Labute approximate surface area is 95.1 Å². The Bertz CT molecular complexity index is 420. The number of carbonyl (C=O) groups is 1. The minimum Gasteiger partial charge on any atom is -0.459 e. The van der Waals surface area contributed by atoms with Crippen molar-refractivity contribution < 1.29 is 9.53 Å². The summed E-state index contributed by atoms with van der Waals surface area (Å²) in [5.41, 5.74) is 2.89. The van der Waals surface area contributed by atoms with Gasteiger partial charge in [0.1, 0.15) is 6.10 Å². The summed E-state index contributed by atoms with van der Waals surface area (Å²) < 4.78 is 5.03. The number of rotatable bonds is 2. The van der Waals surface area contributed by atoms with Crippen molar-refractivity contribution in [2.24, 2.45) is 0 Å². The van der Waals surface area contributed by atoms with Gasteiger partial charge in [-0.25, -0.2) is 4.79 Å². The van der Waals surface area contributed by atoms with Gasteiger partial charge in [0.25, 0.3) is 0 Å². The molecule has 1 fully saturated rings. The van der Waals surface area contributed by atoms with Crippen LogP contribution in [-0.2, 0) is 9.53 Å². The second kappa shape index (κ2) is 4.39. The minimum absolute atomic E-state index is 0.00133. The summed E-state index contributed by atoms with van der Waals surface area (Å²) in [5, 5.41) is 3.10. The number of carbonyl (C=O) groups excluding carboxylic acids is 1. The number of ether oxygens (including phenoxy) is 1. The first-order chi connectivity index (χ1) is 7.65. The standard InChI is InChI=1S/C13H15NO2/c1-9-3-5-12(6-4-9)14-8-11-7-10(2)16-13(11)15/h3-6,8,10,14H,7H2,1-2H3/b11-8+. The molecule has 2 rings (SSSR count). The first-order valence-corrected chi connectivity index (χ1v) is 5.38. The van der Waals surface area contributed by atoms with Gasteiger partial charge in [-0.05, 0) is 26.0 Å². The Hall–Kier alpha value is -1.77. The van der Waals surface area contributed by atoms with Gasteiger partial charge in [0.15, 0.2) is 0 Å². The van der Waals surface area contributed by atoms with E-state index in [-0.39, 0.29) is 12.1 Å². The van der Waals surface area contributed by atoms with E-state index in [2.05, 4.69) is 5.32 Å². The maximum Gasteiger partial charge on any atom is 0.335 e. The molecule has 1 aliphatic heterocycles. The lowest BCUT2D eigenvalue weighted by Crippen LogP contribution is -2.00. The highest BCUT2D eigenvalue weighted by molar-refractivity contribution is 5.91. The highest BCUT2D eigenvalue weighted by Gasteiger charge is 2.24. The highest BCUT2D eigenvalue weighted by atomic mass is 16.5. The van der Waals surface area contributed by atoms with Crippen LogP contribution in [0.2, 0.25) is 0 Å². The van der Waals surface area contributed by atoms with Crippen LogP contribution in [0.4, 0.5) is 5.69 Å². The fraction of sp³-hybridized carbons (Fsp3) is 0.308. The van der Waals surface area contributed by atoms with Crippen molar-refractivity contribution in [2.45, 2.75) is 26.4 Å². The molecule has 1 saturated heterocycles. The van der Waals surface area contributed by atoms with Gasteiger partial charge in [-0.1, -0.05) is 17.7 Å². The molecule has 0 spiro atoms. The zero-order valence-electron chi connectivity index (χ0n) is 9.49. The van der Waals surface area contributed by atoms with Crippen LogP contribution in [0.25, 0.3) is 0 Å². The lowest BCUT2D eigenvalue weighted by atomic mass is 10.2. The summed E-state index contributed by atoms with van der Waals surface area (Å²) in [7, 11) is 0. The Balaban J connectivity index is 2.03. The van der Waals surface area contributed by atoms with Crippen LogP contribution < -0.4 is 5.32 Å². The zero-order valence-corrected chi connectivity index (χ0v) is 9.49. The molecule has 1 aromatic carbocycles. The molecule has 1 heterocycles. The van der Waals surface area contributed by atoms with E-state index < -0.39 is 0 Å². The van der Waals surface area contributed by atoms with E-state index in [4.69, 9.17) is 4.74 Å². The first-order valence-electron chi connectivity index (χ1n) is 5.38. The molecule has 3 heteroatoms. The maximum atomic E-state index is 11.3. The third kappa shape index (κ3) is 2.42. The van der Waals surface area contributed by atoms with Crippen LogP contribution in [0.15, 0.2) is 36.0 Å². The molecule has 0 saturated carbocycles. The predicted octanol–water partition coefficient (Wildman–Crippen LogP) is 2.63. The van der Waals surface area contributed by atoms with Gasteiger partial charge in [0.2, 0.25) is 0 Å². The number of hydrogen-bond acceptors (Lipinski definition) is 3. The van der Waals surface area contributed by atoms with E-state index in [0.717, 1.165) is 5.69 Å². The van der Waals surface area contributed by atoms with Crippen LogP contribution in [0, 0.1) is 6.92 Å². The second-order valence-electron chi connectivity index (χ2n) is 4.10. The molecule has 1 N–H and O–H groups in total. The second-order valence-corrected chi connectivity index (χ2v) is 4.10. The number of benzene rings is 1. The monoisotopic (exact) mass is 217 g/mol. The van der Waals surface area contributed by atoms with E-state index in [1.165, 1.54) is 5.56 Å². The molecule has 1 unspecified atom stereocenters. The molecule has 0 amide bonds. The zero-order chi connectivity index (χ0) is 11.5. The third-order valence-electron chi connectivity index (χ3n) is 2.54. The topological polar surface area (TPSA) is 38.3 Å². The van der Waals surface area contributed by atoms with Gasteiger partial charge in [-0.15, -0.1) is 0 Å². The fourth-order valence-electron chi connectivity index (χ4n) is 1.63. The quantitative estimate of drug-likeness (QED) is 0.611. The number of esters is 1. The van der Waals surface area contributed by atoms with Crippen LogP contribution in [0.3, 0.4) is 0 Å². The Morgan fingerprint density at radius 2 is 2.06 bits per heavy atom. The molecule has 1 atom stereocenters. The molecular weight excluding hydrogens is 202 g/mol. The summed E-state index contributed by atoms with van der Waals surface area (Å²) in [6.07, 6.45) is 2.41. The molecule has 0 aromatic heterocycles. The molecule has 0 bridgehead atoms. The molecule has 16 heavy (non-hydrogen) atoms. The lowest BCUT2D eigenvalue weighted by Gasteiger charge is -2.01. The Morgan fingerprint density at radius 1 is 1.38 bits per heavy atom. The summed E-state index contributed by atoms with van der Waals surface area (Å²) in [6, 6.07) is 8.01. The normalized spacial score (nSPS) is 22.2. The summed E-state index contributed by atoms with van der Waals surface area (Å²) in [5.74, 6) is -0.216. The van der Waals surface area contributed by atoms with Gasteiger partial charge in [0.05, 0.1) is 5.57 Å². The molecule has 0 radical (unpaired) electrons. The van der Waals surface area contributed by atoms with E-state index in [1.807, 2.05) is 38.1 Å². The van der Waals surface area contributed by atoms with E-state index in [0.29, 0.717) is 12.0 Å². The smallest absolute Gasteiger partial charge is 0.335 e. The SMILES string of the molecule is Cc1ccc(N/C=C2\CC(C)OC2=O)cc1. The summed E-state index contributed by atoms with van der Waals surface area (Å²) >= 11 is 0. The summed E-state index contributed by atoms with van der Waals surface area (Å²) in [4.78, 5) is 11.3. The lowest BCUT2D eigenvalue weighted by molar-refractivity contribution is -0.138. The first kappa shape index (κ1) is 10.7. The predicted molar refractivity (Wildman–Crippen MR) is 63.1 cm³/mol. The number of anilines is 1. The van der Waals surface area contributed by atoms with Gasteiger partial charge in [-0.3, -0.25) is 0 Å². The molecule has 1 aromatic rings. The maximum absolute atomic E-state index is 11.3. The van der Waals surface area contributed by atoms with Gasteiger partial charge in [-0.2, -0.15) is 0 Å². The fourth-order valence-corrected chi connectivity index (χ4v) is 1.63. The van der Waals surface area contributed by atoms with Crippen LogP contribution in [0.1, 0.15) is 18.9 Å². The minimum atomic E-state index is -0.216. The van der Waals surface area contributed by atoms with Crippen molar-refractivity contribution in [3.63, 3.8) is 0 Å². The Morgan fingerprint density at radius 3 is 2.62 bits per heavy atom. The number of nitrogens with one attached hydrogen (secondary N) is 1. The summed E-state index contributed by atoms with van der Waals surface area (Å²) in [6.45, 7) is 3.93. The van der Waals surface area contributed by atoms with Crippen LogP contribution >= 0.6 is 0 Å². The number of cyclic esters (lactones) is 1. The van der Waals surface area contributed by atoms with Gasteiger partial charge in [0, 0.05) is 18.3 Å². The molecule has 0 aliphatic carbocycles. The average Bonchev–Trinajstić information content (AvgIpc) is 2.57. The van der Waals surface area contributed by atoms with Crippen molar-refractivity contribution in [3.05, 3.63) is 41.6 Å². The molecule has 84 valence electrons. The van der Waals surface area contributed by atoms with E-state index in [1.54, 1.807) is 6.20 Å². The number of aryl methyl sites for hydroxylation is 1. The van der Waals surface area contributed by atoms with E-state index in [9.17, 15) is 4.79 Å². The highest BCUT2D eigenvalue weighted by Crippen LogP contribution is 2.20. The van der Waals surface area contributed by atoms with Crippen LogP contribution in [-0.4, -0.2) is 12.1 Å². The average molecular weight is 217 g/mol. The molecule has 1 aliphatic rings.